The molecule has 0 aliphatic heterocycles. The summed E-state index contributed by atoms with van der Waals surface area (Å²) in [4.78, 5) is 1.75. The van der Waals surface area contributed by atoms with Gasteiger partial charge in [0.25, 0.3) is 0 Å². The van der Waals surface area contributed by atoms with Crippen LogP contribution in [0, 0.1) is 5.82 Å². The quantitative estimate of drug-likeness (QED) is 0.746. The predicted octanol–water partition coefficient (Wildman–Crippen LogP) is 1.58. The molecule has 0 aliphatic rings. The molecule has 4 heteroatoms. The third-order valence-corrected chi connectivity index (χ3v) is 1.93. The van der Waals surface area contributed by atoms with Gasteiger partial charge in [-0.1, -0.05) is 0 Å². The van der Waals surface area contributed by atoms with Crippen LogP contribution < -0.4 is 15.4 Å². The zero-order chi connectivity index (χ0) is 10.6. The third-order valence-electron chi connectivity index (χ3n) is 1.93. The third kappa shape index (κ3) is 2.35. The molecule has 0 saturated carbocycles. The van der Waals surface area contributed by atoms with Gasteiger partial charge in [-0.05, 0) is 19.1 Å². The second-order valence-corrected chi connectivity index (χ2v) is 2.93. The lowest BCUT2D eigenvalue weighted by atomic mass is 10.2. The number of hydrogen-bond donors (Lipinski definition) is 1. The maximum atomic E-state index is 13.3. The second kappa shape index (κ2) is 4.81. The Morgan fingerprint density at radius 3 is 2.71 bits per heavy atom. The van der Waals surface area contributed by atoms with E-state index in [0.29, 0.717) is 13.3 Å². The van der Waals surface area contributed by atoms with Crippen molar-refractivity contribution in [2.24, 2.45) is 5.73 Å². The Labute approximate surface area is 83.3 Å². The summed E-state index contributed by atoms with van der Waals surface area (Å²) in [5.41, 5.74) is 6.17. The van der Waals surface area contributed by atoms with E-state index in [1.54, 1.807) is 24.1 Å². The van der Waals surface area contributed by atoms with E-state index in [0.717, 1.165) is 5.69 Å². The average Bonchev–Trinajstić information content (AvgIpc) is 2.20. The number of benzene rings is 1. The van der Waals surface area contributed by atoms with Crippen LogP contribution in [0.2, 0.25) is 0 Å². The number of nitrogens with zero attached hydrogens (tertiary/aromatic N) is 1. The molecule has 0 aromatic heterocycles. The summed E-state index contributed by atoms with van der Waals surface area (Å²) in [6, 6.07) is 4.80. The number of hydrogen-bond acceptors (Lipinski definition) is 3. The average molecular weight is 198 g/mol. The lowest BCUT2D eigenvalue weighted by Crippen LogP contribution is -2.24. The Morgan fingerprint density at radius 1 is 1.50 bits per heavy atom. The molecule has 0 saturated heterocycles. The first-order valence-electron chi connectivity index (χ1n) is 4.52. The van der Waals surface area contributed by atoms with Gasteiger partial charge in [0.1, 0.15) is 0 Å². The molecule has 0 aliphatic carbocycles. The predicted molar refractivity (Wildman–Crippen MR) is 55.0 cm³/mol. The van der Waals surface area contributed by atoms with Gasteiger partial charge in [-0.3, -0.25) is 0 Å². The molecule has 0 unspecified atom stereocenters. The van der Waals surface area contributed by atoms with E-state index < -0.39 is 0 Å². The Hall–Kier alpha value is -1.29. The highest BCUT2D eigenvalue weighted by Crippen LogP contribution is 2.22. The number of anilines is 1. The van der Waals surface area contributed by atoms with Gasteiger partial charge in [-0.15, -0.1) is 0 Å². The van der Waals surface area contributed by atoms with Crippen molar-refractivity contribution in [2.75, 3.05) is 25.2 Å². The van der Waals surface area contributed by atoms with Crippen molar-refractivity contribution in [3.05, 3.63) is 24.0 Å². The highest BCUT2D eigenvalue weighted by molar-refractivity contribution is 5.48. The summed E-state index contributed by atoms with van der Waals surface area (Å²) in [6.07, 6.45) is 0. The Bertz CT molecular complexity index is 304. The van der Waals surface area contributed by atoms with E-state index in [1.165, 1.54) is 6.07 Å². The molecule has 14 heavy (non-hydrogen) atoms. The summed E-state index contributed by atoms with van der Waals surface area (Å²) in [5, 5.41) is 0. The molecule has 0 fully saturated rings. The van der Waals surface area contributed by atoms with Crippen LogP contribution in [0.5, 0.6) is 5.75 Å². The minimum Gasteiger partial charge on any atom is -0.491 e. The van der Waals surface area contributed by atoms with Crippen molar-refractivity contribution in [1.29, 1.82) is 0 Å². The highest BCUT2D eigenvalue weighted by atomic mass is 19.1. The minimum atomic E-state index is -0.357. The Kier molecular flexibility index (Phi) is 3.71. The largest absolute Gasteiger partial charge is 0.491 e. The van der Waals surface area contributed by atoms with Crippen LogP contribution in [0.3, 0.4) is 0 Å². The van der Waals surface area contributed by atoms with Crippen LogP contribution in [0.25, 0.3) is 0 Å². The molecular formula is C10H15FN2O. The normalized spacial score (nSPS) is 10.0. The lowest BCUT2D eigenvalue weighted by Gasteiger charge is -2.17. The van der Waals surface area contributed by atoms with Crippen molar-refractivity contribution in [2.45, 2.75) is 6.92 Å². The van der Waals surface area contributed by atoms with E-state index in [4.69, 9.17) is 10.5 Å². The van der Waals surface area contributed by atoms with Gasteiger partial charge in [-0.25, -0.2) is 4.39 Å². The van der Waals surface area contributed by atoms with Crippen molar-refractivity contribution >= 4 is 5.69 Å². The highest BCUT2D eigenvalue weighted by Gasteiger charge is 2.05. The SMILES string of the molecule is CCOc1ccc(N(C)CN)cc1F. The van der Waals surface area contributed by atoms with E-state index in [9.17, 15) is 4.39 Å². The number of ether oxygens (including phenoxy) is 1. The molecule has 0 bridgehead atoms. The van der Waals surface area contributed by atoms with Crippen LogP contribution in [-0.2, 0) is 0 Å². The first-order valence-corrected chi connectivity index (χ1v) is 4.52. The van der Waals surface area contributed by atoms with E-state index >= 15 is 0 Å². The maximum Gasteiger partial charge on any atom is 0.167 e. The van der Waals surface area contributed by atoms with Crippen molar-refractivity contribution in [1.82, 2.24) is 0 Å². The monoisotopic (exact) mass is 198 g/mol. The molecule has 0 heterocycles. The van der Waals surface area contributed by atoms with Gasteiger partial charge < -0.3 is 15.4 Å². The lowest BCUT2D eigenvalue weighted by molar-refractivity contribution is 0.321. The fourth-order valence-electron chi connectivity index (χ4n) is 1.11. The first kappa shape index (κ1) is 10.8. The summed E-state index contributed by atoms with van der Waals surface area (Å²) in [7, 11) is 1.80. The van der Waals surface area contributed by atoms with Crippen molar-refractivity contribution in [3.63, 3.8) is 0 Å². The molecule has 0 spiro atoms. The zero-order valence-electron chi connectivity index (χ0n) is 8.46. The zero-order valence-corrected chi connectivity index (χ0v) is 8.46. The molecule has 1 aromatic carbocycles. The van der Waals surface area contributed by atoms with Gasteiger partial charge in [0.2, 0.25) is 0 Å². The minimum absolute atomic E-state index is 0.279. The molecule has 0 atom stereocenters. The van der Waals surface area contributed by atoms with E-state index in [-0.39, 0.29) is 11.6 Å². The summed E-state index contributed by atoms with van der Waals surface area (Å²) in [5.74, 6) is -0.0775. The Balaban J connectivity index is 2.88. The number of nitrogens with two attached hydrogens (primary N) is 1. The van der Waals surface area contributed by atoms with Gasteiger partial charge in [0.05, 0.1) is 13.3 Å². The van der Waals surface area contributed by atoms with E-state index in [2.05, 4.69) is 0 Å². The van der Waals surface area contributed by atoms with Gasteiger partial charge in [-0.2, -0.15) is 0 Å². The van der Waals surface area contributed by atoms with Crippen LogP contribution in [-0.4, -0.2) is 20.3 Å². The summed E-state index contributed by atoms with van der Waals surface area (Å²) >= 11 is 0. The molecule has 3 nitrogen and oxygen atoms in total. The molecule has 2 N–H and O–H groups in total. The molecule has 0 amide bonds. The smallest absolute Gasteiger partial charge is 0.167 e. The van der Waals surface area contributed by atoms with Crippen LogP contribution >= 0.6 is 0 Å². The fraction of sp³-hybridized carbons (Fsp3) is 0.400. The topological polar surface area (TPSA) is 38.5 Å². The summed E-state index contributed by atoms with van der Waals surface area (Å²) < 4.78 is 18.4. The van der Waals surface area contributed by atoms with Gasteiger partial charge in [0.15, 0.2) is 11.6 Å². The van der Waals surface area contributed by atoms with Crippen LogP contribution in [0.15, 0.2) is 18.2 Å². The fourth-order valence-corrected chi connectivity index (χ4v) is 1.11. The number of halogens is 1. The van der Waals surface area contributed by atoms with Crippen molar-refractivity contribution < 1.29 is 9.13 Å². The Morgan fingerprint density at radius 2 is 2.21 bits per heavy atom. The molecule has 1 rings (SSSR count). The molecule has 0 radical (unpaired) electrons. The van der Waals surface area contributed by atoms with E-state index in [1.807, 2.05) is 6.92 Å². The van der Waals surface area contributed by atoms with Crippen LogP contribution in [0.1, 0.15) is 6.92 Å². The summed E-state index contributed by atoms with van der Waals surface area (Å²) in [6.45, 7) is 2.63. The molecule has 78 valence electrons. The van der Waals surface area contributed by atoms with Crippen molar-refractivity contribution in [3.8, 4) is 5.75 Å². The van der Waals surface area contributed by atoms with Gasteiger partial charge >= 0.3 is 0 Å². The second-order valence-electron chi connectivity index (χ2n) is 2.93. The van der Waals surface area contributed by atoms with Crippen LogP contribution in [0.4, 0.5) is 10.1 Å². The number of rotatable bonds is 4. The molecule has 1 aromatic rings. The maximum absolute atomic E-state index is 13.3. The molecular weight excluding hydrogens is 183 g/mol. The van der Waals surface area contributed by atoms with Gasteiger partial charge in [0, 0.05) is 18.8 Å². The standard InChI is InChI=1S/C10H15FN2O/c1-3-14-10-5-4-8(6-9(10)11)13(2)7-12/h4-6H,3,7,12H2,1-2H3. The first-order chi connectivity index (χ1) is 6.69.